The number of nitrogens with zero attached hydrogens (tertiary/aromatic N) is 1. The van der Waals surface area contributed by atoms with Crippen LogP contribution < -0.4 is 9.47 Å². The van der Waals surface area contributed by atoms with Gasteiger partial charge in [-0.05, 0) is 35.4 Å². The van der Waals surface area contributed by atoms with Gasteiger partial charge in [-0.1, -0.05) is 30.8 Å². The Labute approximate surface area is 159 Å². The number of rotatable bonds is 11. The topological polar surface area (TPSA) is 69.5 Å². The monoisotopic (exact) mass is 371 g/mol. The van der Waals surface area contributed by atoms with Gasteiger partial charge in [0.05, 0.1) is 33.6 Å². The number of aliphatic hydroxyl groups is 1. The van der Waals surface area contributed by atoms with Gasteiger partial charge in [0.1, 0.15) is 23.9 Å². The highest BCUT2D eigenvalue weighted by atomic mass is 16.6. The van der Waals surface area contributed by atoms with Gasteiger partial charge in [-0.2, -0.15) is 0 Å². The van der Waals surface area contributed by atoms with E-state index in [9.17, 15) is 5.11 Å². The minimum absolute atomic E-state index is 0.0983. The van der Waals surface area contributed by atoms with Crippen LogP contribution in [0, 0.1) is 0 Å². The predicted octanol–water partition coefficient (Wildman–Crippen LogP) is 3.34. The van der Waals surface area contributed by atoms with E-state index in [0.717, 1.165) is 22.6 Å². The number of allylic oxidation sites excluding steroid dienone is 1. The van der Waals surface area contributed by atoms with E-state index in [1.54, 1.807) is 14.2 Å². The van der Waals surface area contributed by atoms with E-state index in [-0.39, 0.29) is 13.2 Å². The average Bonchev–Trinajstić information content (AvgIpc) is 2.71. The molecule has 0 aliphatic heterocycles. The summed E-state index contributed by atoms with van der Waals surface area (Å²) in [5, 5.41) is 9.84. The fourth-order valence-corrected chi connectivity index (χ4v) is 2.15. The fraction of sp³-hybridized carbons (Fsp3) is 0.286. The van der Waals surface area contributed by atoms with Crippen molar-refractivity contribution < 1.29 is 24.1 Å². The molecule has 2 rings (SSSR count). The van der Waals surface area contributed by atoms with E-state index in [1.807, 2.05) is 48.5 Å². The average molecular weight is 371 g/mol. The zero-order valence-electron chi connectivity index (χ0n) is 15.6. The summed E-state index contributed by atoms with van der Waals surface area (Å²) in [6.45, 7) is 4.55. The highest BCUT2D eigenvalue weighted by Crippen LogP contribution is 2.13. The normalized spacial score (nSPS) is 12.0. The Hall–Kier alpha value is -2.83. The zero-order chi connectivity index (χ0) is 19.5. The van der Waals surface area contributed by atoms with Crippen LogP contribution in [0.2, 0.25) is 0 Å². The molecule has 0 radical (unpaired) electrons. The first-order valence-electron chi connectivity index (χ1n) is 8.47. The van der Waals surface area contributed by atoms with Crippen LogP contribution in [0.5, 0.6) is 11.5 Å². The molecule has 0 saturated heterocycles. The van der Waals surface area contributed by atoms with Crippen molar-refractivity contribution in [2.24, 2.45) is 4.99 Å². The molecular formula is C21H25NO5. The summed E-state index contributed by atoms with van der Waals surface area (Å²) in [5.74, 6) is 1.98. The molecule has 1 unspecified atom stereocenters. The van der Waals surface area contributed by atoms with Gasteiger partial charge in [-0.15, -0.1) is 0 Å². The zero-order valence-corrected chi connectivity index (χ0v) is 15.6. The number of benzene rings is 2. The van der Waals surface area contributed by atoms with E-state index in [4.69, 9.17) is 18.9 Å². The Morgan fingerprint density at radius 3 is 2.00 bits per heavy atom. The number of hydrogen-bond donors (Lipinski definition) is 1. The first-order valence-corrected chi connectivity index (χ1v) is 8.47. The van der Waals surface area contributed by atoms with Crippen molar-refractivity contribution in [2.75, 3.05) is 20.8 Å². The summed E-state index contributed by atoms with van der Waals surface area (Å²) < 4.78 is 21.1. The maximum atomic E-state index is 9.84. The molecule has 0 fully saturated rings. The Kier molecular flexibility index (Phi) is 8.35. The van der Waals surface area contributed by atoms with Crippen LogP contribution in [-0.2, 0) is 22.7 Å². The molecule has 0 saturated carbocycles. The first-order chi connectivity index (χ1) is 13.1. The van der Waals surface area contributed by atoms with Crippen molar-refractivity contribution in [2.45, 2.75) is 19.5 Å². The molecule has 0 aliphatic rings. The summed E-state index contributed by atoms with van der Waals surface area (Å²) in [7, 11) is 3.24. The maximum absolute atomic E-state index is 9.84. The van der Waals surface area contributed by atoms with Crippen molar-refractivity contribution in [3.05, 3.63) is 72.0 Å². The molecule has 2 aromatic rings. The second kappa shape index (κ2) is 11.0. The molecule has 6 heteroatoms. The van der Waals surface area contributed by atoms with Gasteiger partial charge < -0.3 is 24.1 Å². The smallest absolute Gasteiger partial charge is 0.174 e. The third kappa shape index (κ3) is 7.52. The molecular weight excluding hydrogens is 346 g/mol. The largest absolute Gasteiger partial charge is 0.497 e. The molecule has 144 valence electrons. The first kappa shape index (κ1) is 20.5. The molecule has 0 aliphatic carbocycles. The second-order valence-corrected chi connectivity index (χ2v) is 5.71. The third-order valence-electron chi connectivity index (χ3n) is 3.68. The Balaban J connectivity index is 1.66. The minimum Gasteiger partial charge on any atom is -0.497 e. The van der Waals surface area contributed by atoms with Gasteiger partial charge >= 0.3 is 0 Å². The van der Waals surface area contributed by atoms with Gasteiger partial charge in [0, 0.05) is 0 Å². The molecule has 27 heavy (non-hydrogen) atoms. The lowest BCUT2D eigenvalue weighted by molar-refractivity contribution is -0.0996. The molecule has 0 amide bonds. The summed E-state index contributed by atoms with van der Waals surface area (Å²) >= 11 is 0. The number of aliphatic hydroxyl groups excluding tert-OH is 1. The van der Waals surface area contributed by atoms with Crippen LogP contribution in [0.15, 0.2) is 65.9 Å². The van der Waals surface area contributed by atoms with Gasteiger partial charge in [0.25, 0.3) is 0 Å². The Morgan fingerprint density at radius 2 is 1.48 bits per heavy atom. The Morgan fingerprint density at radius 1 is 0.963 bits per heavy atom. The number of hydrogen-bond acceptors (Lipinski definition) is 6. The summed E-state index contributed by atoms with van der Waals surface area (Å²) in [4.78, 5) is 4.09. The summed E-state index contributed by atoms with van der Waals surface area (Å²) in [6.07, 6.45) is 0.474. The van der Waals surface area contributed by atoms with Gasteiger partial charge in [0.2, 0.25) is 0 Å². The van der Waals surface area contributed by atoms with Crippen molar-refractivity contribution in [1.29, 1.82) is 0 Å². The second-order valence-electron chi connectivity index (χ2n) is 5.71. The maximum Gasteiger partial charge on any atom is 0.174 e. The van der Waals surface area contributed by atoms with Crippen LogP contribution in [0.4, 0.5) is 0 Å². The Bertz CT molecular complexity index is 725. The standard InChI is InChI=1S/C21H25NO5/c1-16(26-14-17-4-8-19(24-2)9-5-17)12-22-13-21(23)27-15-18-6-10-20(25-3)11-7-18/h4-12,21,23H,1,13-15H2,2-3H3. The molecule has 0 aromatic heterocycles. The van der Waals surface area contributed by atoms with E-state index >= 15 is 0 Å². The van der Waals surface area contributed by atoms with Crippen LogP contribution in [-0.4, -0.2) is 38.4 Å². The lowest BCUT2D eigenvalue weighted by Crippen LogP contribution is -2.15. The van der Waals surface area contributed by atoms with Crippen LogP contribution >= 0.6 is 0 Å². The van der Waals surface area contributed by atoms with E-state index in [0.29, 0.717) is 12.4 Å². The van der Waals surface area contributed by atoms with Crippen molar-refractivity contribution in [3.63, 3.8) is 0 Å². The molecule has 0 spiro atoms. The van der Waals surface area contributed by atoms with Gasteiger partial charge in [0.15, 0.2) is 6.29 Å². The number of aliphatic imine (C=N–C) groups is 1. The predicted molar refractivity (Wildman–Crippen MR) is 104 cm³/mol. The van der Waals surface area contributed by atoms with E-state index in [2.05, 4.69) is 11.6 Å². The van der Waals surface area contributed by atoms with Crippen molar-refractivity contribution in [3.8, 4) is 11.5 Å². The molecule has 1 atom stereocenters. The molecule has 6 nitrogen and oxygen atoms in total. The van der Waals surface area contributed by atoms with Gasteiger partial charge in [-0.25, -0.2) is 0 Å². The third-order valence-corrected chi connectivity index (χ3v) is 3.68. The molecule has 1 N–H and O–H groups in total. The quantitative estimate of drug-likeness (QED) is 0.373. The molecule has 0 bridgehead atoms. The summed E-state index contributed by atoms with van der Waals surface area (Å²) in [5.41, 5.74) is 1.93. The van der Waals surface area contributed by atoms with Crippen molar-refractivity contribution >= 4 is 6.21 Å². The van der Waals surface area contributed by atoms with Crippen molar-refractivity contribution in [1.82, 2.24) is 0 Å². The minimum atomic E-state index is -1.00. The molecule has 2 aromatic carbocycles. The van der Waals surface area contributed by atoms with Crippen LogP contribution in [0.1, 0.15) is 11.1 Å². The van der Waals surface area contributed by atoms with Crippen LogP contribution in [0.3, 0.4) is 0 Å². The lowest BCUT2D eigenvalue weighted by Gasteiger charge is -2.10. The van der Waals surface area contributed by atoms with E-state index < -0.39 is 6.29 Å². The fourth-order valence-electron chi connectivity index (χ4n) is 2.15. The highest BCUT2D eigenvalue weighted by Gasteiger charge is 2.04. The van der Waals surface area contributed by atoms with E-state index in [1.165, 1.54) is 6.21 Å². The SMILES string of the molecule is C=C(C=NCC(O)OCc1ccc(OC)cc1)OCc1ccc(OC)cc1. The van der Waals surface area contributed by atoms with Crippen LogP contribution in [0.25, 0.3) is 0 Å². The lowest BCUT2D eigenvalue weighted by atomic mass is 10.2. The van der Waals surface area contributed by atoms with Gasteiger partial charge in [-0.3, -0.25) is 4.99 Å². The summed E-state index contributed by atoms with van der Waals surface area (Å²) in [6, 6.07) is 15.0. The number of ether oxygens (including phenoxy) is 4. The number of methoxy groups -OCH3 is 2. The highest BCUT2D eigenvalue weighted by molar-refractivity contribution is 5.74. The molecule has 0 heterocycles.